The van der Waals surface area contributed by atoms with E-state index in [0.717, 1.165) is 25.7 Å². The first kappa shape index (κ1) is 16.1. The van der Waals surface area contributed by atoms with E-state index in [1.165, 1.54) is 30.5 Å². The Kier molecular flexibility index (Phi) is 4.84. The van der Waals surface area contributed by atoms with Gasteiger partial charge in [-0.25, -0.2) is 4.39 Å². The summed E-state index contributed by atoms with van der Waals surface area (Å²) >= 11 is 0. The molecule has 2 aromatic rings. The Balaban J connectivity index is 1.69. The number of carbonyl (C=O) groups is 2. The summed E-state index contributed by atoms with van der Waals surface area (Å²) in [6.45, 7) is 0. The van der Waals surface area contributed by atoms with Crippen LogP contribution in [0.3, 0.4) is 0 Å². The lowest BCUT2D eigenvalue weighted by atomic mass is 10.1. The highest BCUT2D eigenvalue weighted by Crippen LogP contribution is 2.18. The molecule has 24 heavy (non-hydrogen) atoms. The molecular formula is C18H18FN3O2. The van der Waals surface area contributed by atoms with Crippen LogP contribution in [-0.2, 0) is 0 Å². The first-order chi connectivity index (χ1) is 11.6. The van der Waals surface area contributed by atoms with Gasteiger partial charge in [0.2, 0.25) is 0 Å². The van der Waals surface area contributed by atoms with Crippen LogP contribution in [0.15, 0.2) is 42.6 Å². The number of hydrogen-bond acceptors (Lipinski definition) is 3. The van der Waals surface area contributed by atoms with E-state index in [1.807, 2.05) is 0 Å². The molecule has 1 saturated carbocycles. The summed E-state index contributed by atoms with van der Waals surface area (Å²) < 4.78 is 13.2. The molecule has 3 rings (SSSR count). The third-order valence-electron chi connectivity index (χ3n) is 4.03. The molecule has 0 radical (unpaired) electrons. The van der Waals surface area contributed by atoms with Gasteiger partial charge < -0.3 is 10.6 Å². The van der Waals surface area contributed by atoms with Crippen molar-refractivity contribution < 1.29 is 14.0 Å². The minimum Gasteiger partial charge on any atom is -0.349 e. The molecule has 0 saturated heterocycles. The lowest BCUT2D eigenvalue weighted by Gasteiger charge is -2.12. The zero-order chi connectivity index (χ0) is 16.9. The van der Waals surface area contributed by atoms with Crippen molar-refractivity contribution in [2.75, 3.05) is 5.32 Å². The number of pyridine rings is 1. The molecular weight excluding hydrogens is 309 g/mol. The average Bonchev–Trinajstić information content (AvgIpc) is 3.08. The molecule has 1 fully saturated rings. The van der Waals surface area contributed by atoms with Crippen LogP contribution < -0.4 is 10.6 Å². The fourth-order valence-electron chi connectivity index (χ4n) is 2.80. The maximum Gasteiger partial charge on any atom is 0.274 e. The topological polar surface area (TPSA) is 71.1 Å². The van der Waals surface area contributed by atoms with E-state index < -0.39 is 11.7 Å². The summed E-state index contributed by atoms with van der Waals surface area (Å²) in [5.41, 5.74) is 0.835. The second-order valence-corrected chi connectivity index (χ2v) is 5.85. The summed E-state index contributed by atoms with van der Waals surface area (Å²) in [4.78, 5) is 28.5. The van der Waals surface area contributed by atoms with Crippen molar-refractivity contribution in [1.29, 1.82) is 0 Å². The molecule has 0 unspecified atom stereocenters. The van der Waals surface area contributed by atoms with E-state index in [0.29, 0.717) is 11.3 Å². The molecule has 0 aliphatic heterocycles. The second-order valence-electron chi connectivity index (χ2n) is 5.85. The largest absolute Gasteiger partial charge is 0.349 e. The maximum atomic E-state index is 13.2. The molecule has 1 heterocycles. The zero-order valence-electron chi connectivity index (χ0n) is 13.1. The van der Waals surface area contributed by atoms with Crippen molar-refractivity contribution in [3.05, 3.63) is 59.7 Å². The minimum atomic E-state index is -0.490. The second kappa shape index (κ2) is 7.21. The Morgan fingerprint density at radius 2 is 1.88 bits per heavy atom. The van der Waals surface area contributed by atoms with E-state index in [2.05, 4.69) is 15.6 Å². The van der Waals surface area contributed by atoms with E-state index in [1.54, 1.807) is 12.1 Å². The van der Waals surface area contributed by atoms with Crippen LogP contribution in [0.1, 0.15) is 46.5 Å². The zero-order valence-corrected chi connectivity index (χ0v) is 13.1. The fourth-order valence-corrected chi connectivity index (χ4v) is 2.80. The third kappa shape index (κ3) is 3.95. The molecule has 6 heteroatoms. The van der Waals surface area contributed by atoms with Gasteiger partial charge in [-0.05, 0) is 43.2 Å². The number of nitrogens with one attached hydrogen (secondary N) is 2. The van der Waals surface area contributed by atoms with Crippen LogP contribution in [0, 0.1) is 5.82 Å². The van der Waals surface area contributed by atoms with Gasteiger partial charge in [0.05, 0.1) is 0 Å². The lowest BCUT2D eigenvalue weighted by Crippen LogP contribution is -2.32. The highest BCUT2D eigenvalue weighted by Gasteiger charge is 2.19. The monoisotopic (exact) mass is 327 g/mol. The van der Waals surface area contributed by atoms with Crippen molar-refractivity contribution >= 4 is 17.5 Å². The number of halogens is 1. The van der Waals surface area contributed by atoms with Crippen molar-refractivity contribution in [2.45, 2.75) is 31.7 Å². The maximum absolute atomic E-state index is 13.2. The predicted octanol–water partition coefficient (Wildman–Crippen LogP) is 3.15. The smallest absolute Gasteiger partial charge is 0.274 e. The molecule has 2 N–H and O–H groups in total. The normalized spacial score (nSPS) is 14.4. The Hall–Kier alpha value is -2.76. The highest BCUT2D eigenvalue weighted by molar-refractivity contribution is 6.04. The minimum absolute atomic E-state index is 0.110. The molecule has 5 nitrogen and oxygen atoms in total. The highest BCUT2D eigenvalue weighted by atomic mass is 19.1. The average molecular weight is 327 g/mol. The molecule has 1 aliphatic carbocycles. The van der Waals surface area contributed by atoms with Crippen LogP contribution >= 0.6 is 0 Å². The van der Waals surface area contributed by atoms with Gasteiger partial charge in [-0.2, -0.15) is 0 Å². The Bertz CT molecular complexity index is 757. The number of aromatic nitrogens is 1. The predicted molar refractivity (Wildman–Crippen MR) is 88.3 cm³/mol. The Morgan fingerprint density at radius 1 is 1.08 bits per heavy atom. The number of amides is 2. The molecule has 1 aliphatic rings. The molecule has 124 valence electrons. The SMILES string of the molecule is O=C(NC1CCCC1)c1ccnc(C(=O)Nc2cccc(F)c2)c1. The lowest BCUT2D eigenvalue weighted by molar-refractivity contribution is 0.0937. The standard InChI is InChI=1S/C18H18FN3O2/c19-13-4-3-7-15(11-13)22-18(24)16-10-12(8-9-20-16)17(23)21-14-5-1-2-6-14/h3-4,7-11,14H,1-2,5-6H2,(H,21,23)(H,22,24). The summed E-state index contributed by atoms with van der Waals surface area (Å²) in [7, 11) is 0. The van der Waals surface area contributed by atoms with E-state index in [-0.39, 0.29) is 17.6 Å². The van der Waals surface area contributed by atoms with Crippen LogP contribution in [-0.4, -0.2) is 22.8 Å². The number of benzene rings is 1. The van der Waals surface area contributed by atoms with Gasteiger partial charge in [0.15, 0.2) is 0 Å². The first-order valence-corrected chi connectivity index (χ1v) is 7.95. The van der Waals surface area contributed by atoms with Crippen LogP contribution in [0.5, 0.6) is 0 Å². The van der Waals surface area contributed by atoms with Gasteiger partial charge in [-0.1, -0.05) is 18.9 Å². The van der Waals surface area contributed by atoms with Crippen molar-refractivity contribution in [3.63, 3.8) is 0 Å². The molecule has 2 amide bonds. The third-order valence-corrected chi connectivity index (χ3v) is 4.03. The van der Waals surface area contributed by atoms with Gasteiger partial charge >= 0.3 is 0 Å². The van der Waals surface area contributed by atoms with Crippen LogP contribution in [0.4, 0.5) is 10.1 Å². The molecule has 1 aromatic carbocycles. The van der Waals surface area contributed by atoms with Crippen molar-refractivity contribution in [3.8, 4) is 0 Å². The molecule has 1 aromatic heterocycles. The number of nitrogens with zero attached hydrogens (tertiary/aromatic N) is 1. The van der Waals surface area contributed by atoms with Gasteiger partial charge in [0.1, 0.15) is 11.5 Å². The number of rotatable bonds is 4. The summed E-state index contributed by atoms with van der Waals surface area (Å²) in [6.07, 6.45) is 5.66. The summed E-state index contributed by atoms with van der Waals surface area (Å²) in [6, 6.07) is 8.82. The quantitative estimate of drug-likeness (QED) is 0.906. The van der Waals surface area contributed by atoms with Crippen molar-refractivity contribution in [1.82, 2.24) is 10.3 Å². The van der Waals surface area contributed by atoms with Gasteiger partial charge in [0.25, 0.3) is 11.8 Å². The first-order valence-electron chi connectivity index (χ1n) is 7.95. The fraction of sp³-hybridized carbons (Fsp3) is 0.278. The Labute approximate surface area is 139 Å². The van der Waals surface area contributed by atoms with Gasteiger partial charge in [0, 0.05) is 23.5 Å². The van der Waals surface area contributed by atoms with Gasteiger partial charge in [-0.15, -0.1) is 0 Å². The summed E-state index contributed by atoms with van der Waals surface area (Å²) in [5, 5.41) is 5.54. The molecule has 0 bridgehead atoms. The Morgan fingerprint density at radius 3 is 2.62 bits per heavy atom. The van der Waals surface area contributed by atoms with Crippen LogP contribution in [0.2, 0.25) is 0 Å². The number of hydrogen-bond donors (Lipinski definition) is 2. The van der Waals surface area contributed by atoms with E-state index >= 15 is 0 Å². The van der Waals surface area contributed by atoms with Crippen molar-refractivity contribution in [2.24, 2.45) is 0 Å². The molecule has 0 atom stereocenters. The van der Waals surface area contributed by atoms with E-state index in [4.69, 9.17) is 0 Å². The van der Waals surface area contributed by atoms with E-state index in [9.17, 15) is 14.0 Å². The molecule has 0 spiro atoms. The summed E-state index contributed by atoms with van der Waals surface area (Å²) in [5.74, 6) is -1.13. The number of anilines is 1. The van der Waals surface area contributed by atoms with Gasteiger partial charge in [-0.3, -0.25) is 14.6 Å². The van der Waals surface area contributed by atoms with Crippen LogP contribution in [0.25, 0.3) is 0 Å². The number of carbonyl (C=O) groups excluding carboxylic acids is 2.